The van der Waals surface area contributed by atoms with Crippen molar-refractivity contribution < 1.29 is 8.42 Å². The summed E-state index contributed by atoms with van der Waals surface area (Å²) < 4.78 is 23.4. The summed E-state index contributed by atoms with van der Waals surface area (Å²) in [5, 5.41) is 0. The van der Waals surface area contributed by atoms with Gasteiger partial charge in [-0.15, -0.1) is 0 Å². The summed E-state index contributed by atoms with van der Waals surface area (Å²) in [5.74, 6) is 0. The zero-order chi connectivity index (χ0) is 14.9. The third kappa shape index (κ3) is 3.16. The molecule has 0 atom stereocenters. The van der Waals surface area contributed by atoms with E-state index in [2.05, 4.69) is 12.1 Å². The minimum absolute atomic E-state index is 0.188. The summed E-state index contributed by atoms with van der Waals surface area (Å²) in [6.07, 6.45) is 1.17. The zero-order valence-electron chi connectivity index (χ0n) is 11.7. The second-order valence-corrected chi connectivity index (χ2v) is 7.88. The summed E-state index contributed by atoms with van der Waals surface area (Å²) in [5.41, 5.74) is 8.63. The molecule has 2 aromatic rings. The van der Waals surface area contributed by atoms with Crippen LogP contribution in [0.25, 0.3) is 0 Å². The minimum atomic E-state index is -3.30. The average molecular weight is 307 g/mol. The van der Waals surface area contributed by atoms with E-state index in [0.717, 1.165) is 20.9 Å². The molecule has 0 radical (unpaired) electrons. The normalized spacial score (nSPS) is 11.6. The van der Waals surface area contributed by atoms with E-state index in [4.69, 9.17) is 5.73 Å². The van der Waals surface area contributed by atoms with Crippen LogP contribution in [0.4, 0.5) is 5.69 Å². The molecule has 0 spiro atoms. The quantitative estimate of drug-likeness (QED) is 0.882. The Morgan fingerprint density at radius 1 is 1.05 bits per heavy atom. The Morgan fingerprint density at radius 3 is 2.40 bits per heavy atom. The van der Waals surface area contributed by atoms with E-state index in [1.807, 2.05) is 26.0 Å². The molecule has 5 heteroatoms. The number of anilines is 1. The number of hydrogen-bond donors (Lipinski definition) is 1. The average Bonchev–Trinajstić information content (AvgIpc) is 2.35. The fourth-order valence-corrected chi connectivity index (χ4v) is 3.85. The van der Waals surface area contributed by atoms with Gasteiger partial charge in [-0.25, -0.2) is 8.42 Å². The van der Waals surface area contributed by atoms with Crippen LogP contribution in [0.1, 0.15) is 11.1 Å². The smallest absolute Gasteiger partial charge is 0.177 e. The van der Waals surface area contributed by atoms with Gasteiger partial charge in [0.15, 0.2) is 9.84 Å². The highest BCUT2D eigenvalue weighted by molar-refractivity contribution is 7.99. The Kier molecular flexibility index (Phi) is 4.11. The Morgan fingerprint density at radius 2 is 1.75 bits per heavy atom. The van der Waals surface area contributed by atoms with Gasteiger partial charge in [-0.3, -0.25) is 0 Å². The van der Waals surface area contributed by atoms with Crippen molar-refractivity contribution in [3.8, 4) is 0 Å². The Labute approximate surface area is 124 Å². The van der Waals surface area contributed by atoms with Crippen LogP contribution in [0, 0.1) is 13.8 Å². The SMILES string of the molecule is Cc1ccc(C)c(Sc2cccc(S(C)(=O)=O)c2N)c1. The molecular formula is C15H17NO2S2. The van der Waals surface area contributed by atoms with Crippen molar-refractivity contribution in [2.75, 3.05) is 12.0 Å². The molecule has 0 saturated heterocycles. The number of hydrogen-bond acceptors (Lipinski definition) is 4. The van der Waals surface area contributed by atoms with Gasteiger partial charge in [-0.1, -0.05) is 30.0 Å². The molecule has 0 unspecified atom stereocenters. The maximum Gasteiger partial charge on any atom is 0.177 e. The number of nitrogen functional groups attached to an aromatic ring is 1. The lowest BCUT2D eigenvalue weighted by Gasteiger charge is -2.11. The summed E-state index contributed by atoms with van der Waals surface area (Å²) in [4.78, 5) is 2.04. The van der Waals surface area contributed by atoms with Crippen molar-refractivity contribution in [3.63, 3.8) is 0 Å². The molecule has 2 N–H and O–H groups in total. The molecule has 0 heterocycles. The van der Waals surface area contributed by atoms with E-state index in [0.29, 0.717) is 5.69 Å². The number of aryl methyl sites for hydroxylation is 2. The van der Waals surface area contributed by atoms with Crippen LogP contribution in [-0.2, 0) is 9.84 Å². The second-order valence-electron chi connectivity index (χ2n) is 4.81. The predicted molar refractivity (Wildman–Crippen MR) is 84.0 cm³/mol. The van der Waals surface area contributed by atoms with Crippen LogP contribution in [0.2, 0.25) is 0 Å². The Bertz CT molecular complexity index is 752. The van der Waals surface area contributed by atoms with Gasteiger partial charge >= 0.3 is 0 Å². The standard InChI is InChI=1S/C15H17NO2S2/c1-10-7-8-11(2)13(9-10)19-12-5-4-6-14(15(12)16)20(3,17)18/h4-9H,16H2,1-3H3. The molecule has 20 heavy (non-hydrogen) atoms. The van der Waals surface area contributed by atoms with Gasteiger partial charge in [-0.05, 0) is 43.2 Å². The van der Waals surface area contributed by atoms with Crippen LogP contribution in [0.15, 0.2) is 51.1 Å². The molecule has 0 aromatic heterocycles. The molecule has 106 valence electrons. The first kappa shape index (κ1) is 14.9. The third-order valence-corrected chi connectivity index (χ3v) is 5.38. The van der Waals surface area contributed by atoms with E-state index < -0.39 is 9.84 Å². The van der Waals surface area contributed by atoms with Crippen LogP contribution in [-0.4, -0.2) is 14.7 Å². The van der Waals surface area contributed by atoms with Gasteiger partial charge in [0.25, 0.3) is 0 Å². The molecule has 3 nitrogen and oxygen atoms in total. The van der Waals surface area contributed by atoms with E-state index in [9.17, 15) is 8.42 Å². The molecule has 0 aliphatic heterocycles. The maximum absolute atomic E-state index is 11.7. The molecule has 0 saturated carbocycles. The minimum Gasteiger partial charge on any atom is -0.397 e. The highest BCUT2D eigenvalue weighted by atomic mass is 32.2. The second kappa shape index (κ2) is 5.50. The first-order valence-corrected chi connectivity index (χ1v) is 8.83. The molecule has 2 aromatic carbocycles. The highest BCUT2D eigenvalue weighted by Crippen LogP contribution is 2.37. The van der Waals surface area contributed by atoms with E-state index in [-0.39, 0.29) is 4.90 Å². The largest absolute Gasteiger partial charge is 0.397 e. The summed E-state index contributed by atoms with van der Waals surface area (Å²) in [6.45, 7) is 4.05. The van der Waals surface area contributed by atoms with Gasteiger partial charge in [0, 0.05) is 16.0 Å². The van der Waals surface area contributed by atoms with Gasteiger partial charge in [-0.2, -0.15) is 0 Å². The summed E-state index contributed by atoms with van der Waals surface area (Å²) >= 11 is 1.50. The van der Waals surface area contributed by atoms with E-state index >= 15 is 0 Å². The Hall–Kier alpha value is -1.46. The topological polar surface area (TPSA) is 60.2 Å². The van der Waals surface area contributed by atoms with Gasteiger partial charge in [0.2, 0.25) is 0 Å². The highest BCUT2D eigenvalue weighted by Gasteiger charge is 2.15. The number of rotatable bonds is 3. The lowest BCUT2D eigenvalue weighted by Crippen LogP contribution is -2.03. The number of nitrogens with two attached hydrogens (primary N) is 1. The molecule has 2 rings (SSSR count). The van der Waals surface area contributed by atoms with Crippen LogP contribution in [0.3, 0.4) is 0 Å². The van der Waals surface area contributed by atoms with Gasteiger partial charge in [0.1, 0.15) is 0 Å². The van der Waals surface area contributed by atoms with Gasteiger partial charge in [0.05, 0.1) is 10.6 Å². The zero-order valence-corrected chi connectivity index (χ0v) is 13.3. The molecule has 0 aliphatic rings. The van der Waals surface area contributed by atoms with Crippen molar-refractivity contribution >= 4 is 27.3 Å². The Balaban J connectivity index is 2.47. The number of para-hydroxylation sites is 1. The lowest BCUT2D eigenvalue weighted by molar-refractivity contribution is 0.602. The first-order chi connectivity index (χ1) is 9.29. The summed E-state index contributed by atoms with van der Waals surface area (Å²) in [7, 11) is -3.30. The molecule has 0 amide bonds. The monoisotopic (exact) mass is 307 g/mol. The molecular weight excluding hydrogens is 290 g/mol. The van der Waals surface area contributed by atoms with Crippen molar-refractivity contribution in [1.29, 1.82) is 0 Å². The lowest BCUT2D eigenvalue weighted by atomic mass is 10.2. The number of benzene rings is 2. The number of sulfone groups is 1. The summed E-state index contributed by atoms with van der Waals surface area (Å²) in [6, 6.07) is 11.3. The molecule has 0 bridgehead atoms. The molecule has 0 aliphatic carbocycles. The fraction of sp³-hybridized carbons (Fsp3) is 0.200. The van der Waals surface area contributed by atoms with Crippen molar-refractivity contribution in [1.82, 2.24) is 0 Å². The van der Waals surface area contributed by atoms with Crippen LogP contribution in [0.5, 0.6) is 0 Å². The third-order valence-electron chi connectivity index (χ3n) is 2.99. The van der Waals surface area contributed by atoms with Crippen molar-refractivity contribution in [2.24, 2.45) is 0 Å². The fourth-order valence-electron chi connectivity index (χ4n) is 1.87. The van der Waals surface area contributed by atoms with E-state index in [1.54, 1.807) is 6.07 Å². The molecule has 0 fully saturated rings. The van der Waals surface area contributed by atoms with E-state index in [1.165, 1.54) is 24.1 Å². The van der Waals surface area contributed by atoms with Gasteiger partial charge < -0.3 is 5.73 Å². The van der Waals surface area contributed by atoms with Crippen LogP contribution >= 0.6 is 11.8 Å². The first-order valence-electron chi connectivity index (χ1n) is 6.12. The maximum atomic E-state index is 11.7. The predicted octanol–water partition coefficient (Wildman–Crippen LogP) is 3.44. The van der Waals surface area contributed by atoms with Crippen molar-refractivity contribution in [3.05, 3.63) is 47.5 Å². The van der Waals surface area contributed by atoms with Crippen molar-refractivity contribution in [2.45, 2.75) is 28.5 Å². The van der Waals surface area contributed by atoms with Crippen LogP contribution < -0.4 is 5.73 Å².